The number of rotatable bonds is 3. The van der Waals surface area contributed by atoms with Crippen LogP contribution in [0.25, 0.3) is 0 Å². The molecule has 3 aromatic rings. The van der Waals surface area contributed by atoms with Crippen LogP contribution in [0.5, 0.6) is 0 Å². The highest BCUT2D eigenvalue weighted by atomic mass is 28.4. The van der Waals surface area contributed by atoms with Gasteiger partial charge in [0.2, 0.25) is 0 Å². The maximum atomic E-state index is 11.6. The van der Waals surface area contributed by atoms with Crippen LogP contribution in [0.1, 0.15) is 0 Å². The Labute approximate surface area is 142 Å². The van der Waals surface area contributed by atoms with E-state index in [0.717, 1.165) is 15.6 Å². The lowest BCUT2D eigenvalue weighted by Crippen LogP contribution is -2.67. The number of benzene rings is 3. The van der Waals surface area contributed by atoms with Crippen molar-refractivity contribution < 1.29 is 4.80 Å². The average Bonchev–Trinajstić information content (AvgIpc) is 2.56. The fourth-order valence-corrected chi connectivity index (χ4v) is 5.56. The van der Waals surface area contributed by atoms with E-state index in [4.69, 9.17) is 0 Å². The molecule has 0 atom stereocenters. The first-order valence-electron chi connectivity index (χ1n) is 6.71. The summed E-state index contributed by atoms with van der Waals surface area (Å²) in [7, 11) is -2.88. The van der Waals surface area contributed by atoms with Gasteiger partial charge in [-0.15, -0.1) is 0 Å². The Morgan fingerprint density at radius 1 is 0.476 bits per heavy atom. The molecule has 0 aromatic heterocycles. The predicted octanol–water partition coefficient (Wildman–Crippen LogP) is 0.730. The zero-order valence-corrected chi connectivity index (χ0v) is 12.1. The Morgan fingerprint density at radius 2 is 0.714 bits per heavy atom. The summed E-state index contributed by atoms with van der Waals surface area (Å²) >= 11 is 0. The molecule has 0 fully saturated rings. The topological polar surface area (TPSA) is 20.2 Å². The zero-order chi connectivity index (χ0) is 13.8. The smallest absolute Gasteiger partial charge is 0.316 e. The second-order valence-electron chi connectivity index (χ2n) is 4.81. The van der Waals surface area contributed by atoms with Crippen LogP contribution in [0.2, 0.25) is 0 Å². The molecule has 0 aliphatic rings. The molecule has 0 radical (unpaired) electrons. The summed E-state index contributed by atoms with van der Waals surface area (Å²) in [6.07, 6.45) is 0. The molecule has 0 saturated heterocycles. The summed E-state index contributed by atoms with van der Waals surface area (Å²) in [5.41, 5.74) is 0. The van der Waals surface area contributed by atoms with Gasteiger partial charge in [-0.3, -0.25) is 0 Å². The Morgan fingerprint density at radius 3 is 0.952 bits per heavy atom. The molecule has 0 amide bonds. The van der Waals surface area contributed by atoms with E-state index in [0.29, 0.717) is 0 Å². The van der Waals surface area contributed by atoms with E-state index in [1.807, 2.05) is 91.0 Å². The second-order valence-corrected chi connectivity index (χ2v) is 7.96. The molecule has 21 heavy (non-hydrogen) atoms. The van der Waals surface area contributed by atoms with E-state index in [-0.39, 0.29) is 23.1 Å². The van der Waals surface area contributed by atoms with Crippen LogP contribution in [-0.4, -0.2) is 36.2 Å². The van der Waals surface area contributed by atoms with E-state index < -0.39 is 8.32 Å². The molecule has 0 aliphatic carbocycles. The van der Waals surface area contributed by atoms with Crippen LogP contribution in [0.4, 0.5) is 0 Å². The fraction of sp³-hybridized carbons (Fsp3) is 0. The van der Waals surface area contributed by atoms with E-state index in [9.17, 15) is 4.80 Å². The van der Waals surface area contributed by atoms with Crippen LogP contribution in [-0.2, 0) is 0 Å². The molecule has 3 aromatic carbocycles. The monoisotopic (exact) mass is 302 g/mol. The number of hydrogen-bond donors (Lipinski definition) is 1. The highest BCUT2D eigenvalue weighted by molar-refractivity contribution is 7.06. The molecule has 0 unspecified atom stereocenters. The molecule has 0 spiro atoms. The molecule has 102 valence electrons. The maximum absolute atomic E-state index is 11.6. The molecule has 0 bridgehead atoms. The third kappa shape index (κ3) is 3.11. The van der Waals surface area contributed by atoms with Gasteiger partial charge in [0.05, 0.1) is 0 Å². The minimum Gasteiger partial charge on any atom is -0.421 e. The Balaban J connectivity index is 0.00000161. The minimum atomic E-state index is -2.88. The van der Waals surface area contributed by atoms with Gasteiger partial charge in [-0.25, -0.2) is 0 Å². The van der Waals surface area contributed by atoms with Crippen molar-refractivity contribution >= 4 is 46.9 Å². The summed E-state index contributed by atoms with van der Waals surface area (Å²) in [6.45, 7) is 0. The van der Waals surface area contributed by atoms with Gasteiger partial charge in [-0.05, 0) is 15.6 Å². The lowest BCUT2D eigenvalue weighted by atomic mass is 10.3. The lowest BCUT2D eigenvalue weighted by Gasteiger charge is -2.26. The predicted molar refractivity (Wildman–Crippen MR) is 94.7 cm³/mol. The fourth-order valence-electron chi connectivity index (χ4n) is 2.54. The first-order valence-corrected chi connectivity index (χ1v) is 8.65. The molecule has 3 heteroatoms. The minimum absolute atomic E-state index is 0. The van der Waals surface area contributed by atoms with Crippen molar-refractivity contribution in [1.82, 2.24) is 0 Å². The molecule has 0 heterocycles. The van der Waals surface area contributed by atoms with Crippen molar-refractivity contribution in [2.45, 2.75) is 0 Å². The highest BCUT2D eigenvalue weighted by Crippen LogP contribution is 2.03. The quantitative estimate of drug-likeness (QED) is 0.559. The maximum Gasteiger partial charge on any atom is 0.316 e. The molecule has 0 saturated carbocycles. The van der Waals surface area contributed by atoms with Crippen LogP contribution in [0, 0.1) is 0 Å². The summed E-state index contributed by atoms with van der Waals surface area (Å²) in [6, 6.07) is 30.0. The third-order valence-corrected chi connectivity index (χ3v) is 7.08. The van der Waals surface area contributed by atoms with Crippen molar-refractivity contribution in [3.05, 3.63) is 91.0 Å². The number of hydrogen-bond acceptors (Lipinski definition) is 1. The van der Waals surface area contributed by atoms with Crippen molar-refractivity contribution in [3.63, 3.8) is 0 Å². The van der Waals surface area contributed by atoms with Crippen molar-refractivity contribution in [2.75, 3.05) is 0 Å². The van der Waals surface area contributed by atoms with E-state index in [1.165, 1.54) is 0 Å². The van der Waals surface area contributed by atoms with Gasteiger partial charge in [0.1, 0.15) is 0 Å². The Bertz CT molecular complexity index is 575. The van der Waals surface area contributed by atoms with E-state index in [1.54, 1.807) is 0 Å². The van der Waals surface area contributed by atoms with Crippen LogP contribution in [0.15, 0.2) is 91.0 Å². The summed E-state index contributed by atoms with van der Waals surface area (Å²) in [5.74, 6) is 0. The highest BCUT2D eigenvalue weighted by Gasteiger charge is 2.37. The lowest BCUT2D eigenvalue weighted by molar-refractivity contribution is 0.583. The molecule has 1 N–H and O–H groups in total. The Hall–Kier alpha value is -1.40. The summed E-state index contributed by atoms with van der Waals surface area (Å²) in [5, 5.41) is 3.03. The SMILES string of the molecule is O[Si](c1ccccc1)(c1ccccc1)c1ccccc1.[MgH2]. The van der Waals surface area contributed by atoms with Crippen LogP contribution in [0.3, 0.4) is 0 Å². The van der Waals surface area contributed by atoms with Gasteiger partial charge >= 0.3 is 23.1 Å². The molecular weight excluding hydrogens is 285 g/mol. The van der Waals surface area contributed by atoms with Gasteiger partial charge in [0, 0.05) is 0 Å². The third-order valence-electron chi connectivity index (χ3n) is 3.57. The molecule has 1 nitrogen and oxygen atoms in total. The van der Waals surface area contributed by atoms with Crippen LogP contribution < -0.4 is 15.6 Å². The van der Waals surface area contributed by atoms with Crippen LogP contribution >= 0.6 is 0 Å². The van der Waals surface area contributed by atoms with Gasteiger partial charge in [-0.1, -0.05) is 91.0 Å². The summed E-state index contributed by atoms with van der Waals surface area (Å²) in [4.78, 5) is 11.6. The standard InChI is InChI=1S/C18H16OSi.Mg.2H/c19-20(16-10-4-1-5-11-16,17-12-6-2-7-13-17)18-14-8-3-9-15-18;;;/h1-15,19H;;;. The largest absolute Gasteiger partial charge is 0.421 e. The van der Waals surface area contributed by atoms with Gasteiger partial charge in [0.15, 0.2) is 0 Å². The van der Waals surface area contributed by atoms with Gasteiger partial charge in [0.25, 0.3) is 8.32 Å². The normalized spacial score (nSPS) is 10.7. The Kier molecular flexibility index (Phi) is 5.36. The van der Waals surface area contributed by atoms with Gasteiger partial charge < -0.3 is 4.80 Å². The van der Waals surface area contributed by atoms with Crippen molar-refractivity contribution in [3.8, 4) is 0 Å². The second kappa shape index (κ2) is 7.05. The van der Waals surface area contributed by atoms with E-state index >= 15 is 0 Å². The first kappa shape index (κ1) is 16.0. The van der Waals surface area contributed by atoms with Crippen molar-refractivity contribution in [2.24, 2.45) is 0 Å². The summed E-state index contributed by atoms with van der Waals surface area (Å²) < 4.78 is 0. The average molecular weight is 303 g/mol. The molecule has 0 aliphatic heterocycles. The van der Waals surface area contributed by atoms with Crippen molar-refractivity contribution in [1.29, 1.82) is 0 Å². The molecular formula is C18H18MgOSi. The van der Waals surface area contributed by atoms with Gasteiger partial charge in [-0.2, -0.15) is 0 Å². The molecule has 3 rings (SSSR count). The zero-order valence-electron chi connectivity index (χ0n) is 11.1. The van der Waals surface area contributed by atoms with E-state index in [2.05, 4.69) is 0 Å². The first-order chi connectivity index (χ1) is 9.82.